The van der Waals surface area contributed by atoms with Crippen molar-refractivity contribution in [3.8, 4) is 0 Å². The molecule has 0 saturated heterocycles. The van der Waals surface area contributed by atoms with Crippen LogP contribution in [0.1, 0.15) is 6.92 Å². The summed E-state index contributed by atoms with van der Waals surface area (Å²) in [4.78, 5) is 21.6. The van der Waals surface area contributed by atoms with E-state index in [-0.39, 0.29) is 0 Å². The van der Waals surface area contributed by atoms with E-state index < -0.39 is 31.2 Å². The van der Waals surface area contributed by atoms with Gasteiger partial charge in [0.25, 0.3) is 5.91 Å². The van der Waals surface area contributed by atoms with Crippen LogP contribution >= 0.6 is 0 Å². The lowest BCUT2D eigenvalue weighted by Gasteiger charge is -2.18. The largest absolute Gasteiger partial charge is 0.456 e. The van der Waals surface area contributed by atoms with E-state index in [9.17, 15) is 22.8 Å². The number of likely N-dealkylation sites (N-methyl/N-ethyl adjacent to an activating group) is 1. The molecule has 0 aliphatic heterocycles. The highest BCUT2D eigenvalue weighted by atomic mass is 19.4. The van der Waals surface area contributed by atoms with Crippen LogP contribution in [0, 0.1) is 0 Å². The van der Waals surface area contributed by atoms with Gasteiger partial charge in [0.05, 0.1) is 0 Å². The Bertz CT molecular complexity index is 227. The molecular formula is C7H10F3NO3. The van der Waals surface area contributed by atoms with Crippen LogP contribution in [0.2, 0.25) is 0 Å². The molecule has 0 bridgehead atoms. The summed E-state index contributed by atoms with van der Waals surface area (Å²) in [5, 5.41) is 0. The number of carbonyl (C=O) groups excluding carboxylic acids is 2. The van der Waals surface area contributed by atoms with Gasteiger partial charge in [-0.15, -0.1) is 0 Å². The van der Waals surface area contributed by atoms with Gasteiger partial charge in [0.2, 0.25) is 0 Å². The van der Waals surface area contributed by atoms with Crippen molar-refractivity contribution in [3.63, 3.8) is 0 Å². The molecule has 7 heteroatoms. The molecular weight excluding hydrogens is 203 g/mol. The van der Waals surface area contributed by atoms with Gasteiger partial charge in [-0.3, -0.25) is 9.59 Å². The number of amides is 1. The number of hydrogen-bond acceptors (Lipinski definition) is 3. The van der Waals surface area contributed by atoms with E-state index in [2.05, 4.69) is 4.74 Å². The van der Waals surface area contributed by atoms with Gasteiger partial charge in [0.1, 0.15) is 6.54 Å². The third kappa shape index (κ3) is 6.27. The Labute approximate surface area is 78.6 Å². The van der Waals surface area contributed by atoms with Crippen LogP contribution < -0.4 is 0 Å². The first kappa shape index (κ1) is 12.7. The summed E-state index contributed by atoms with van der Waals surface area (Å²) >= 11 is 0. The fraction of sp³-hybridized carbons (Fsp3) is 0.714. The molecule has 4 nitrogen and oxygen atoms in total. The normalized spacial score (nSPS) is 10.9. The second-order valence-electron chi connectivity index (χ2n) is 2.65. The SMILES string of the molecule is CC(=O)OCC(=O)N(C)CC(F)(F)F. The van der Waals surface area contributed by atoms with Gasteiger partial charge in [-0.25, -0.2) is 0 Å². The van der Waals surface area contributed by atoms with E-state index >= 15 is 0 Å². The molecule has 82 valence electrons. The van der Waals surface area contributed by atoms with Gasteiger partial charge < -0.3 is 9.64 Å². The fourth-order valence-corrected chi connectivity index (χ4v) is 0.631. The number of rotatable bonds is 3. The molecule has 1 amide bonds. The highest BCUT2D eigenvalue weighted by Crippen LogP contribution is 2.15. The maximum Gasteiger partial charge on any atom is 0.406 e. The van der Waals surface area contributed by atoms with Crippen molar-refractivity contribution in [1.29, 1.82) is 0 Å². The van der Waals surface area contributed by atoms with Crippen molar-refractivity contribution >= 4 is 11.9 Å². The van der Waals surface area contributed by atoms with Crippen molar-refractivity contribution in [1.82, 2.24) is 4.90 Å². The molecule has 0 aromatic heterocycles. The van der Waals surface area contributed by atoms with Gasteiger partial charge in [-0.1, -0.05) is 0 Å². The average Bonchev–Trinajstić information content (AvgIpc) is 1.96. The van der Waals surface area contributed by atoms with Crippen LogP contribution in [0.4, 0.5) is 13.2 Å². The van der Waals surface area contributed by atoms with Crippen molar-refractivity contribution in [2.75, 3.05) is 20.2 Å². The second-order valence-corrected chi connectivity index (χ2v) is 2.65. The van der Waals surface area contributed by atoms with Crippen LogP contribution in [-0.2, 0) is 14.3 Å². The Balaban J connectivity index is 3.94. The Hall–Kier alpha value is -1.27. The first-order chi connectivity index (χ1) is 6.22. The molecule has 0 aromatic carbocycles. The summed E-state index contributed by atoms with van der Waals surface area (Å²) in [6, 6.07) is 0. The van der Waals surface area contributed by atoms with Crippen LogP contribution in [0.25, 0.3) is 0 Å². The smallest absolute Gasteiger partial charge is 0.406 e. The maximum atomic E-state index is 11.8. The van der Waals surface area contributed by atoms with Gasteiger partial charge in [0.15, 0.2) is 6.61 Å². The minimum atomic E-state index is -4.44. The summed E-state index contributed by atoms with van der Waals surface area (Å²) in [7, 11) is 0.985. The van der Waals surface area contributed by atoms with Crippen molar-refractivity contribution < 1.29 is 27.5 Å². The molecule has 0 aliphatic rings. The fourth-order valence-electron chi connectivity index (χ4n) is 0.631. The lowest BCUT2D eigenvalue weighted by atomic mass is 10.5. The van der Waals surface area contributed by atoms with Gasteiger partial charge in [0, 0.05) is 14.0 Å². The predicted octanol–water partition coefficient (Wildman–Crippen LogP) is 0.570. The minimum absolute atomic E-state index is 0.447. The topological polar surface area (TPSA) is 46.6 Å². The molecule has 0 atom stereocenters. The zero-order valence-electron chi connectivity index (χ0n) is 7.72. The van der Waals surface area contributed by atoms with Crippen LogP contribution in [0.5, 0.6) is 0 Å². The molecule has 0 unspecified atom stereocenters. The molecule has 0 aliphatic carbocycles. The summed E-state index contributed by atoms with van der Waals surface area (Å²) in [6.07, 6.45) is -4.44. The monoisotopic (exact) mass is 213 g/mol. The molecule has 0 rings (SSSR count). The number of esters is 1. The first-order valence-corrected chi connectivity index (χ1v) is 3.66. The van der Waals surface area contributed by atoms with Gasteiger partial charge in [-0.05, 0) is 0 Å². The maximum absolute atomic E-state index is 11.8. The van der Waals surface area contributed by atoms with E-state index in [0.717, 1.165) is 14.0 Å². The number of hydrogen-bond donors (Lipinski definition) is 0. The van der Waals surface area contributed by atoms with Crippen molar-refractivity contribution in [3.05, 3.63) is 0 Å². The lowest BCUT2D eigenvalue weighted by molar-refractivity contribution is -0.163. The van der Waals surface area contributed by atoms with E-state index in [1.54, 1.807) is 0 Å². The standard InChI is InChI=1S/C7H10F3NO3/c1-5(12)14-3-6(13)11(2)4-7(8,9)10/h3-4H2,1-2H3. The van der Waals surface area contributed by atoms with E-state index in [1.165, 1.54) is 0 Å². The minimum Gasteiger partial charge on any atom is -0.456 e. The summed E-state index contributed by atoms with van der Waals surface area (Å²) in [6.45, 7) is -0.952. The van der Waals surface area contributed by atoms with Crippen LogP contribution in [0.15, 0.2) is 0 Å². The lowest BCUT2D eigenvalue weighted by Crippen LogP contribution is -2.38. The Morgan fingerprint density at radius 3 is 2.21 bits per heavy atom. The quantitative estimate of drug-likeness (QED) is 0.644. The number of carbonyl (C=O) groups is 2. The average molecular weight is 213 g/mol. The predicted molar refractivity (Wildman–Crippen MR) is 40.3 cm³/mol. The zero-order valence-corrected chi connectivity index (χ0v) is 7.72. The summed E-state index contributed by atoms with van der Waals surface area (Å²) in [5.41, 5.74) is 0. The first-order valence-electron chi connectivity index (χ1n) is 3.66. The number of nitrogens with zero attached hydrogens (tertiary/aromatic N) is 1. The van der Waals surface area contributed by atoms with Crippen LogP contribution in [0.3, 0.4) is 0 Å². The molecule has 0 spiro atoms. The Kier molecular flexibility index (Phi) is 4.39. The molecule has 0 N–H and O–H groups in total. The van der Waals surface area contributed by atoms with Gasteiger partial charge >= 0.3 is 12.1 Å². The summed E-state index contributed by atoms with van der Waals surface area (Å²) in [5.74, 6) is -1.60. The third-order valence-electron chi connectivity index (χ3n) is 1.24. The van der Waals surface area contributed by atoms with Gasteiger partial charge in [-0.2, -0.15) is 13.2 Å². The van der Waals surface area contributed by atoms with Crippen LogP contribution in [-0.4, -0.2) is 43.2 Å². The zero-order chi connectivity index (χ0) is 11.4. The van der Waals surface area contributed by atoms with E-state index in [4.69, 9.17) is 0 Å². The Morgan fingerprint density at radius 1 is 1.36 bits per heavy atom. The third-order valence-corrected chi connectivity index (χ3v) is 1.24. The highest BCUT2D eigenvalue weighted by Gasteiger charge is 2.31. The molecule has 14 heavy (non-hydrogen) atoms. The number of alkyl halides is 3. The summed E-state index contributed by atoms with van der Waals surface area (Å²) < 4.78 is 39.5. The van der Waals surface area contributed by atoms with E-state index in [0.29, 0.717) is 4.90 Å². The highest BCUT2D eigenvalue weighted by molar-refractivity contribution is 5.79. The van der Waals surface area contributed by atoms with Crippen molar-refractivity contribution in [2.45, 2.75) is 13.1 Å². The molecule has 0 aromatic rings. The number of ether oxygens (including phenoxy) is 1. The second kappa shape index (κ2) is 4.83. The Morgan fingerprint density at radius 2 is 1.86 bits per heavy atom. The molecule has 0 fully saturated rings. The molecule has 0 saturated carbocycles. The molecule has 0 radical (unpaired) electrons. The van der Waals surface area contributed by atoms with Crippen molar-refractivity contribution in [2.24, 2.45) is 0 Å². The number of halogens is 3. The van der Waals surface area contributed by atoms with E-state index in [1.807, 2.05) is 0 Å². The molecule has 0 heterocycles.